The van der Waals surface area contributed by atoms with Gasteiger partial charge < -0.3 is 5.32 Å². The normalized spacial score (nSPS) is 13.9. The maximum atomic E-state index is 12.5. The molecular formula is C20H22N4OS2. The van der Waals surface area contributed by atoms with Gasteiger partial charge in [0.25, 0.3) is 0 Å². The monoisotopic (exact) mass is 398 g/mol. The predicted molar refractivity (Wildman–Crippen MR) is 111 cm³/mol. The van der Waals surface area contributed by atoms with E-state index < -0.39 is 0 Å². The standard InChI is InChI=1S/C20H22N4OS2/c1-13(2)15-6-3-4-7-16(15)21-18(25)12-27-20-23-22-19(17-8-5-11-26-17)24(20)14-9-10-14/h3-8,11,13-14H,9-10,12H2,1-2H3,(H,21,25). The third-order valence-corrected chi connectivity index (χ3v) is 6.32. The van der Waals surface area contributed by atoms with Crippen molar-refractivity contribution in [2.24, 2.45) is 0 Å². The zero-order chi connectivity index (χ0) is 18.8. The van der Waals surface area contributed by atoms with Crippen LogP contribution in [0.4, 0.5) is 5.69 Å². The molecule has 0 aliphatic heterocycles. The van der Waals surface area contributed by atoms with Crippen molar-refractivity contribution in [3.8, 4) is 10.7 Å². The van der Waals surface area contributed by atoms with Crippen molar-refractivity contribution in [1.29, 1.82) is 0 Å². The van der Waals surface area contributed by atoms with Crippen LogP contribution in [0.1, 0.15) is 44.2 Å². The Morgan fingerprint density at radius 1 is 1.26 bits per heavy atom. The molecule has 5 nitrogen and oxygen atoms in total. The molecular weight excluding hydrogens is 376 g/mol. The van der Waals surface area contributed by atoms with E-state index in [0.717, 1.165) is 40.0 Å². The first-order chi connectivity index (χ1) is 13.1. The molecule has 0 atom stereocenters. The number of hydrogen-bond acceptors (Lipinski definition) is 5. The molecule has 1 aliphatic carbocycles. The number of thioether (sulfide) groups is 1. The minimum Gasteiger partial charge on any atom is -0.325 e. The van der Waals surface area contributed by atoms with Gasteiger partial charge in [0.05, 0.1) is 10.6 Å². The van der Waals surface area contributed by atoms with Gasteiger partial charge in [0.15, 0.2) is 11.0 Å². The molecule has 0 radical (unpaired) electrons. The summed E-state index contributed by atoms with van der Waals surface area (Å²) < 4.78 is 2.20. The summed E-state index contributed by atoms with van der Waals surface area (Å²) in [5.74, 6) is 1.58. The van der Waals surface area contributed by atoms with Gasteiger partial charge in [0, 0.05) is 11.7 Å². The quantitative estimate of drug-likeness (QED) is 0.556. The van der Waals surface area contributed by atoms with E-state index >= 15 is 0 Å². The molecule has 1 N–H and O–H groups in total. The molecule has 0 bridgehead atoms. The lowest BCUT2D eigenvalue weighted by Crippen LogP contribution is -2.16. The summed E-state index contributed by atoms with van der Waals surface area (Å²) in [4.78, 5) is 13.6. The van der Waals surface area contributed by atoms with Crippen molar-refractivity contribution in [1.82, 2.24) is 14.8 Å². The second kappa shape index (κ2) is 7.86. The molecule has 1 amide bonds. The largest absolute Gasteiger partial charge is 0.325 e. The Morgan fingerprint density at radius 2 is 2.07 bits per heavy atom. The summed E-state index contributed by atoms with van der Waals surface area (Å²) in [5, 5.41) is 14.7. The first-order valence-electron chi connectivity index (χ1n) is 9.14. The van der Waals surface area contributed by atoms with Crippen LogP contribution >= 0.6 is 23.1 Å². The van der Waals surface area contributed by atoms with Gasteiger partial charge in [-0.15, -0.1) is 21.5 Å². The smallest absolute Gasteiger partial charge is 0.234 e. The molecule has 3 aromatic rings. The highest BCUT2D eigenvalue weighted by Gasteiger charge is 2.30. The van der Waals surface area contributed by atoms with Crippen LogP contribution in [0.5, 0.6) is 0 Å². The van der Waals surface area contributed by atoms with E-state index in [9.17, 15) is 4.79 Å². The van der Waals surface area contributed by atoms with Crippen molar-refractivity contribution in [2.75, 3.05) is 11.1 Å². The number of aromatic nitrogens is 3. The van der Waals surface area contributed by atoms with Crippen LogP contribution < -0.4 is 5.32 Å². The topological polar surface area (TPSA) is 59.8 Å². The molecule has 140 valence electrons. The number of nitrogens with zero attached hydrogens (tertiary/aromatic N) is 3. The summed E-state index contributed by atoms with van der Waals surface area (Å²) >= 11 is 3.12. The van der Waals surface area contributed by atoms with Crippen molar-refractivity contribution in [3.05, 3.63) is 47.3 Å². The predicted octanol–water partition coefficient (Wildman–Crippen LogP) is 5.20. The average molecular weight is 399 g/mol. The van der Waals surface area contributed by atoms with E-state index in [-0.39, 0.29) is 5.91 Å². The molecule has 4 rings (SSSR count). The van der Waals surface area contributed by atoms with Gasteiger partial charge in [-0.05, 0) is 41.8 Å². The van der Waals surface area contributed by atoms with Crippen LogP contribution in [0.3, 0.4) is 0 Å². The Balaban J connectivity index is 1.46. The molecule has 0 unspecified atom stereocenters. The van der Waals surface area contributed by atoms with Crippen molar-refractivity contribution >= 4 is 34.7 Å². The van der Waals surface area contributed by atoms with Crippen LogP contribution in [-0.4, -0.2) is 26.4 Å². The van der Waals surface area contributed by atoms with Crippen molar-refractivity contribution in [2.45, 2.75) is 43.8 Å². The van der Waals surface area contributed by atoms with Crippen LogP contribution in [0.2, 0.25) is 0 Å². The van der Waals surface area contributed by atoms with E-state index in [1.807, 2.05) is 29.6 Å². The highest BCUT2D eigenvalue weighted by molar-refractivity contribution is 7.99. The first kappa shape index (κ1) is 18.3. The summed E-state index contributed by atoms with van der Waals surface area (Å²) in [6.07, 6.45) is 2.30. The van der Waals surface area contributed by atoms with Gasteiger partial charge in [-0.2, -0.15) is 0 Å². The number of para-hydroxylation sites is 1. The second-order valence-electron chi connectivity index (χ2n) is 6.96. The lowest BCUT2D eigenvalue weighted by molar-refractivity contribution is -0.113. The van der Waals surface area contributed by atoms with Gasteiger partial charge in [0.2, 0.25) is 5.91 Å². The zero-order valence-electron chi connectivity index (χ0n) is 15.4. The third-order valence-electron chi connectivity index (χ3n) is 4.51. The van der Waals surface area contributed by atoms with Gasteiger partial charge in [-0.25, -0.2) is 0 Å². The van der Waals surface area contributed by atoms with E-state index in [0.29, 0.717) is 17.7 Å². The van der Waals surface area contributed by atoms with Crippen molar-refractivity contribution in [3.63, 3.8) is 0 Å². The fourth-order valence-corrected chi connectivity index (χ4v) is 4.55. The van der Waals surface area contributed by atoms with E-state index in [4.69, 9.17) is 0 Å². The number of carbonyl (C=O) groups excluding carboxylic acids is 1. The number of carbonyl (C=O) groups is 1. The van der Waals surface area contributed by atoms with Crippen LogP contribution in [0.25, 0.3) is 10.7 Å². The number of anilines is 1. The first-order valence-corrected chi connectivity index (χ1v) is 11.0. The summed E-state index contributed by atoms with van der Waals surface area (Å²) in [7, 11) is 0. The highest BCUT2D eigenvalue weighted by Crippen LogP contribution is 2.41. The molecule has 0 saturated heterocycles. The fraction of sp³-hybridized carbons (Fsp3) is 0.350. The van der Waals surface area contributed by atoms with Gasteiger partial charge in [-0.1, -0.05) is 49.9 Å². The molecule has 27 heavy (non-hydrogen) atoms. The summed E-state index contributed by atoms with van der Waals surface area (Å²) in [5.41, 5.74) is 2.04. The summed E-state index contributed by atoms with van der Waals surface area (Å²) in [6.45, 7) is 4.26. The fourth-order valence-electron chi connectivity index (χ4n) is 3.04. The Labute approximate surface area is 167 Å². The van der Waals surface area contributed by atoms with E-state index in [1.54, 1.807) is 11.3 Å². The minimum absolute atomic E-state index is 0.0175. The third kappa shape index (κ3) is 4.09. The number of nitrogens with one attached hydrogen (secondary N) is 1. The number of hydrogen-bond donors (Lipinski definition) is 1. The lowest BCUT2D eigenvalue weighted by atomic mass is 10.0. The van der Waals surface area contributed by atoms with Gasteiger partial charge in [-0.3, -0.25) is 9.36 Å². The lowest BCUT2D eigenvalue weighted by Gasteiger charge is -2.13. The Bertz CT molecular complexity index is 929. The van der Waals surface area contributed by atoms with Gasteiger partial charge in [0.1, 0.15) is 0 Å². The molecule has 1 saturated carbocycles. The number of amides is 1. The molecule has 1 aromatic carbocycles. The average Bonchev–Trinajstić information content (AvgIpc) is 3.18. The Morgan fingerprint density at radius 3 is 2.78 bits per heavy atom. The Hall–Kier alpha value is -2.12. The van der Waals surface area contributed by atoms with E-state index in [2.05, 4.69) is 46.1 Å². The Kier molecular flexibility index (Phi) is 5.31. The molecule has 1 fully saturated rings. The summed E-state index contributed by atoms with van der Waals surface area (Å²) in [6, 6.07) is 12.5. The highest BCUT2D eigenvalue weighted by atomic mass is 32.2. The van der Waals surface area contributed by atoms with Crippen molar-refractivity contribution < 1.29 is 4.79 Å². The molecule has 2 aromatic heterocycles. The van der Waals surface area contributed by atoms with Gasteiger partial charge >= 0.3 is 0 Å². The minimum atomic E-state index is -0.0175. The molecule has 2 heterocycles. The number of thiophene rings is 1. The maximum Gasteiger partial charge on any atom is 0.234 e. The van der Waals surface area contributed by atoms with Crippen LogP contribution in [0, 0.1) is 0 Å². The zero-order valence-corrected chi connectivity index (χ0v) is 17.0. The van der Waals surface area contributed by atoms with E-state index in [1.165, 1.54) is 11.8 Å². The second-order valence-corrected chi connectivity index (χ2v) is 8.85. The number of benzene rings is 1. The van der Waals surface area contributed by atoms with Crippen LogP contribution in [-0.2, 0) is 4.79 Å². The molecule has 7 heteroatoms. The molecule has 1 aliphatic rings. The maximum absolute atomic E-state index is 12.5. The number of rotatable bonds is 7. The van der Waals surface area contributed by atoms with Crippen LogP contribution in [0.15, 0.2) is 46.9 Å². The SMILES string of the molecule is CC(C)c1ccccc1NC(=O)CSc1nnc(-c2cccs2)n1C1CC1. The molecule has 0 spiro atoms.